The maximum atomic E-state index is 5.59. The highest BCUT2D eigenvalue weighted by Gasteiger charge is 2.28. The molecule has 88 valence electrons. The minimum atomic E-state index is 0.302. The molecule has 0 saturated carbocycles. The van der Waals surface area contributed by atoms with E-state index in [1.807, 2.05) is 19.3 Å². The lowest BCUT2D eigenvalue weighted by Gasteiger charge is -2.28. The van der Waals surface area contributed by atoms with E-state index >= 15 is 0 Å². The van der Waals surface area contributed by atoms with Crippen LogP contribution in [0.3, 0.4) is 0 Å². The molecule has 1 aliphatic heterocycles. The minimum Gasteiger partial charge on any atom is -0.376 e. The van der Waals surface area contributed by atoms with Crippen molar-refractivity contribution in [2.75, 3.05) is 30.9 Å². The van der Waals surface area contributed by atoms with Crippen LogP contribution in [0.4, 0.5) is 11.5 Å². The van der Waals surface area contributed by atoms with Gasteiger partial charge in [-0.3, -0.25) is 0 Å². The monoisotopic (exact) mass is 221 g/mol. The molecule has 1 saturated heterocycles. The largest absolute Gasteiger partial charge is 0.376 e. The number of likely N-dealkylation sites (N-methyl/N-ethyl adjacent to an activating group) is 1. The lowest BCUT2D eigenvalue weighted by Crippen LogP contribution is -2.36. The highest BCUT2D eigenvalue weighted by molar-refractivity contribution is 5.54. The Hall–Kier alpha value is -1.29. The molecule has 16 heavy (non-hydrogen) atoms. The molecule has 1 aromatic rings. The van der Waals surface area contributed by atoms with E-state index in [0.29, 0.717) is 12.1 Å². The molecule has 2 atom stereocenters. The van der Waals surface area contributed by atoms with E-state index in [4.69, 9.17) is 4.74 Å². The molecule has 1 aliphatic rings. The van der Waals surface area contributed by atoms with E-state index in [2.05, 4.69) is 35.2 Å². The summed E-state index contributed by atoms with van der Waals surface area (Å²) in [4.78, 5) is 6.49. The Morgan fingerprint density at radius 2 is 2.38 bits per heavy atom. The molecule has 0 aromatic carbocycles. The summed E-state index contributed by atoms with van der Waals surface area (Å²) < 4.78 is 5.59. The van der Waals surface area contributed by atoms with Gasteiger partial charge in [0.15, 0.2) is 0 Å². The van der Waals surface area contributed by atoms with Crippen LogP contribution in [0.5, 0.6) is 0 Å². The summed E-state index contributed by atoms with van der Waals surface area (Å²) in [6, 6.07) is 4.56. The van der Waals surface area contributed by atoms with Crippen LogP contribution in [0, 0.1) is 0 Å². The molecular weight excluding hydrogens is 202 g/mol. The van der Waals surface area contributed by atoms with Gasteiger partial charge in [-0.2, -0.15) is 0 Å². The van der Waals surface area contributed by atoms with Crippen molar-refractivity contribution in [3.05, 3.63) is 18.3 Å². The summed E-state index contributed by atoms with van der Waals surface area (Å²) in [6.45, 7) is 2.99. The van der Waals surface area contributed by atoms with Gasteiger partial charge in [0.05, 0.1) is 12.1 Å². The van der Waals surface area contributed by atoms with Gasteiger partial charge in [0, 0.05) is 38.7 Å². The zero-order valence-corrected chi connectivity index (χ0v) is 10.1. The molecule has 1 aromatic heterocycles. The Morgan fingerprint density at radius 1 is 1.56 bits per heavy atom. The van der Waals surface area contributed by atoms with Gasteiger partial charge in [-0.05, 0) is 19.4 Å². The molecule has 2 unspecified atom stereocenters. The fraction of sp³-hybridized carbons (Fsp3) is 0.583. The van der Waals surface area contributed by atoms with E-state index in [1.165, 1.54) is 5.69 Å². The van der Waals surface area contributed by atoms with Crippen LogP contribution in [0.1, 0.15) is 13.3 Å². The van der Waals surface area contributed by atoms with Crippen molar-refractivity contribution < 1.29 is 4.74 Å². The van der Waals surface area contributed by atoms with Crippen molar-refractivity contribution >= 4 is 11.5 Å². The van der Waals surface area contributed by atoms with Crippen molar-refractivity contribution in [1.29, 1.82) is 0 Å². The van der Waals surface area contributed by atoms with E-state index in [0.717, 1.165) is 18.8 Å². The van der Waals surface area contributed by atoms with Gasteiger partial charge in [0.25, 0.3) is 0 Å². The predicted molar refractivity (Wildman–Crippen MR) is 66.0 cm³/mol. The molecule has 0 amide bonds. The topological polar surface area (TPSA) is 37.4 Å². The fourth-order valence-electron chi connectivity index (χ4n) is 2.20. The molecule has 1 N–H and O–H groups in total. The van der Waals surface area contributed by atoms with Crippen LogP contribution in [-0.2, 0) is 4.74 Å². The number of nitrogens with one attached hydrogen (secondary N) is 1. The summed E-state index contributed by atoms with van der Waals surface area (Å²) in [5.74, 6) is 0.899. The maximum absolute atomic E-state index is 5.59. The third-order valence-corrected chi connectivity index (χ3v) is 3.24. The highest BCUT2D eigenvalue weighted by atomic mass is 16.5. The zero-order valence-electron chi connectivity index (χ0n) is 10.1. The Bertz CT molecular complexity index is 356. The molecule has 1 fully saturated rings. The summed E-state index contributed by atoms with van der Waals surface area (Å²) >= 11 is 0. The second-order valence-electron chi connectivity index (χ2n) is 4.19. The smallest absolute Gasteiger partial charge is 0.127 e. The second kappa shape index (κ2) is 4.70. The van der Waals surface area contributed by atoms with Crippen LogP contribution in [0.25, 0.3) is 0 Å². The van der Waals surface area contributed by atoms with Crippen molar-refractivity contribution in [2.45, 2.75) is 25.5 Å². The Labute approximate surface area is 96.6 Å². The van der Waals surface area contributed by atoms with Crippen LogP contribution in [0.2, 0.25) is 0 Å². The third-order valence-electron chi connectivity index (χ3n) is 3.24. The van der Waals surface area contributed by atoms with Crippen LogP contribution in [0.15, 0.2) is 18.3 Å². The summed E-state index contributed by atoms with van der Waals surface area (Å²) in [6.07, 6.45) is 3.23. The number of nitrogens with zero attached hydrogens (tertiary/aromatic N) is 2. The SMILES string of the molecule is CNc1cc(N(C)C2CCOC2C)ccn1. The van der Waals surface area contributed by atoms with Crippen molar-refractivity contribution in [3.8, 4) is 0 Å². The van der Waals surface area contributed by atoms with Gasteiger partial charge in [-0.25, -0.2) is 4.98 Å². The lowest BCUT2D eigenvalue weighted by molar-refractivity contribution is 0.118. The first kappa shape index (κ1) is 11.2. The first-order chi connectivity index (χ1) is 7.72. The first-order valence-electron chi connectivity index (χ1n) is 5.70. The molecule has 4 heteroatoms. The first-order valence-corrected chi connectivity index (χ1v) is 5.70. The van der Waals surface area contributed by atoms with Gasteiger partial charge >= 0.3 is 0 Å². The average Bonchev–Trinajstić information content (AvgIpc) is 2.74. The van der Waals surface area contributed by atoms with Gasteiger partial charge < -0.3 is 15.0 Å². The standard InChI is InChI=1S/C12H19N3O/c1-9-11(5-7-16-9)15(3)10-4-6-14-12(8-10)13-2/h4,6,8-9,11H,5,7H2,1-3H3,(H,13,14). The van der Waals surface area contributed by atoms with Crippen LogP contribution in [-0.4, -0.2) is 37.8 Å². The maximum Gasteiger partial charge on any atom is 0.127 e. The van der Waals surface area contributed by atoms with E-state index in [9.17, 15) is 0 Å². The fourth-order valence-corrected chi connectivity index (χ4v) is 2.20. The third kappa shape index (κ3) is 2.11. The van der Waals surface area contributed by atoms with Gasteiger partial charge in [-0.15, -0.1) is 0 Å². The van der Waals surface area contributed by atoms with Crippen LogP contribution < -0.4 is 10.2 Å². The summed E-state index contributed by atoms with van der Waals surface area (Å²) in [5, 5.41) is 3.05. The Balaban J connectivity index is 2.16. The number of hydrogen-bond donors (Lipinski definition) is 1. The molecule has 0 aliphatic carbocycles. The number of pyridine rings is 1. The number of aromatic nitrogens is 1. The molecule has 2 rings (SSSR count). The van der Waals surface area contributed by atoms with Crippen molar-refractivity contribution in [2.24, 2.45) is 0 Å². The Kier molecular flexibility index (Phi) is 3.29. The summed E-state index contributed by atoms with van der Waals surface area (Å²) in [7, 11) is 4.00. The van der Waals surface area contributed by atoms with Gasteiger partial charge in [-0.1, -0.05) is 0 Å². The molecule has 0 spiro atoms. The Morgan fingerprint density at radius 3 is 3.00 bits per heavy atom. The normalized spacial score (nSPS) is 24.4. The predicted octanol–water partition coefficient (Wildman–Crippen LogP) is 1.74. The molecular formula is C12H19N3O. The minimum absolute atomic E-state index is 0.302. The van der Waals surface area contributed by atoms with Gasteiger partial charge in [0.2, 0.25) is 0 Å². The van der Waals surface area contributed by atoms with Crippen LogP contribution >= 0.6 is 0 Å². The average molecular weight is 221 g/mol. The van der Waals surface area contributed by atoms with E-state index in [-0.39, 0.29) is 0 Å². The number of hydrogen-bond acceptors (Lipinski definition) is 4. The quantitative estimate of drug-likeness (QED) is 0.843. The van der Waals surface area contributed by atoms with E-state index in [1.54, 1.807) is 0 Å². The number of anilines is 2. The molecule has 0 radical (unpaired) electrons. The zero-order chi connectivity index (χ0) is 11.5. The highest BCUT2D eigenvalue weighted by Crippen LogP contribution is 2.25. The number of ether oxygens (including phenoxy) is 1. The second-order valence-corrected chi connectivity index (χ2v) is 4.19. The molecule has 4 nitrogen and oxygen atoms in total. The van der Waals surface area contributed by atoms with Crippen molar-refractivity contribution in [1.82, 2.24) is 4.98 Å². The van der Waals surface area contributed by atoms with E-state index < -0.39 is 0 Å². The lowest BCUT2D eigenvalue weighted by atomic mass is 10.1. The van der Waals surface area contributed by atoms with Crippen molar-refractivity contribution in [3.63, 3.8) is 0 Å². The molecule has 0 bridgehead atoms. The number of rotatable bonds is 3. The molecule has 2 heterocycles. The van der Waals surface area contributed by atoms with Gasteiger partial charge in [0.1, 0.15) is 5.82 Å². The summed E-state index contributed by atoms with van der Waals surface area (Å²) in [5.41, 5.74) is 1.18.